The van der Waals surface area contributed by atoms with Gasteiger partial charge in [0.1, 0.15) is 10.3 Å². The number of rotatable bonds is 3. The Bertz CT molecular complexity index is 617. The third-order valence-corrected chi connectivity index (χ3v) is 3.09. The summed E-state index contributed by atoms with van der Waals surface area (Å²) in [5.41, 5.74) is 2.12. The van der Waals surface area contributed by atoms with Crippen LogP contribution < -0.4 is 5.32 Å². The van der Waals surface area contributed by atoms with Gasteiger partial charge in [0, 0.05) is 6.20 Å². The summed E-state index contributed by atoms with van der Waals surface area (Å²) in [4.78, 5) is 20.0. The molecule has 0 aliphatic carbocycles. The van der Waals surface area contributed by atoms with E-state index in [4.69, 9.17) is 23.2 Å². The summed E-state index contributed by atoms with van der Waals surface area (Å²) in [6, 6.07) is 6.85. The van der Waals surface area contributed by atoms with Crippen molar-refractivity contribution in [3.05, 3.63) is 57.6 Å². The first-order chi connectivity index (χ1) is 9.08. The van der Waals surface area contributed by atoms with Crippen molar-refractivity contribution in [2.24, 2.45) is 0 Å². The monoisotopic (exact) mass is 295 g/mol. The Kier molecular flexibility index (Phi) is 4.35. The maximum Gasteiger partial charge on any atom is 0.254 e. The zero-order valence-electron chi connectivity index (χ0n) is 10.2. The van der Waals surface area contributed by atoms with E-state index in [1.807, 2.05) is 19.1 Å². The molecule has 0 bridgehead atoms. The molecular formula is C13H11Cl2N3O. The lowest BCUT2D eigenvalue weighted by molar-refractivity contribution is 0.0950. The van der Waals surface area contributed by atoms with Crippen LogP contribution >= 0.6 is 23.2 Å². The van der Waals surface area contributed by atoms with Gasteiger partial charge in [-0.25, -0.2) is 4.98 Å². The Morgan fingerprint density at radius 3 is 2.79 bits per heavy atom. The van der Waals surface area contributed by atoms with E-state index in [-0.39, 0.29) is 16.2 Å². The maximum atomic E-state index is 12.0. The van der Waals surface area contributed by atoms with Crippen LogP contribution in [0.5, 0.6) is 0 Å². The van der Waals surface area contributed by atoms with Gasteiger partial charge in [0.25, 0.3) is 5.91 Å². The van der Waals surface area contributed by atoms with Crippen molar-refractivity contribution in [2.45, 2.75) is 13.5 Å². The van der Waals surface area contributed by atoms with Crippen LogP contribution in [-0.2, 0) is 6.54 Å². The molecular weight excluding hydrogens is 285 g/mol. The molecule has 1 N–H and O–H groups in total. The van der Waals surface area contributed by atoms with Crippen LogP contribution in [0.15, 0.2) is 30.5 Å². The second-order valence-corrected chi connectivity index (χ2v) is 4.67. The van der Waals surface area contributed by atoms with Crippen LogP contribution in [-0.4, -0.2) is 15.9 Å². The van der Waals surface area contributed by atoms with Crippen molar-refractivity contribution >= 4 is 29.1 Å². The third kappa shape index (κ3) is 3.43. The van der Waals surface area contributed by atoms with E-state index >= 15 is 0 Å². The van der Waals surface area contributed by atoms with Gasteiger partial charge in [-0.05, 0) is 30.7 Å². The fourth-order valence-corrected chi connectivity index (χ4v) is 1.97. The number of aryl methyl sites for hydroxylation is 1. The molecule has 4 nitrogen and oxygen atoms in total. The molecule has 2 rings (SSSR count). The van der Waals surface area contributed by atoms with Gasteiger partial charge in [-0.1, -0.05) is 29.3 Å². The second kappa shape index (κ2) is 5.99. The normalized spacial score (nSPS) is 10.3. The van der Waals surface area contributed by atoms with E-state index in [1.54, 1.807) is 6.20 Å². The van der Waals surface area contributed by atoms with Crippen LogP contribution in [0.1, 0.15) is 21.6 Å². The number of amides is 1. The van der Waals surface area contributed by atoms with E-state index < -0.39 is 0 Å². The minimum Gasteiger partial charge on any atom is -0.346 e. The first-order valence-corrected chi connectivity index (χ1v) is 6.34. The van der Waals surface area contributed by atoms with Crippen LogP contribution in [0.25, 0.3) is 0 Å². The van der Waals surface area contributed by atoms with E-state index in [2.05, 4.69) is 15.3 Å². The minimum absolute atomic E-state index is 0.0859. The molecule has 2 aromatic heterocycles. The molecule has 0 aromatic carbocycles. The highest BCUT2D eigenvalue weighted by Crippen LogP contribution is 2.16. The molecule has 0 aliphatic rings. The van der Waals surface area contributed by atoms with Crippen molar-refractivity contribution in [2.75, 3.05) is 0 Å². The maximum absolute atomic E-state index is 12.0. The second-order valence-electron chi connectivity index (χ2n) is 3.92. The molecule has 0 saturated carbocycles. The molecule has 98 valence electrons. The summed E-state index contributed by atoms with van der Waals surface area (Å²) < 4.78 is 0. The summed E-state index contributed by atoms with van der Waals surface area (Å²) >= 11 is 11.5. The molecule has 0 spiro atoms. The van der Waals surface area contributed by atoms with Gasteiger partial charge in [0.05, 0.1) is 17.8 Å². The minimum atomic E-state index is -0.306. The SMILES string of the molecule is Cc1cccnc1CNC(=O)c1ccc(Cl)nc1Cl. The molecule has 1 amide bonds. The predicted molar refractivity (Wildman–Crippen MR) is 74.4 cm³/mol. The highest BCUT2D eigenvalue weighted by molar-refractivity contribution is 6.34. The van der Waals surface area contributed by atoms with Crippen molar-refractivity contribution in [3.63, 3.8) is 0 Å². The zero-order chi connectivity index (χ0) is 13.8. The highest BCUT2D eigenvalue weighted by atomic mass is 35.5. The van der Waals surface area contributed by atoms with E-state index in [0.717, 1.165) is 11.3 Å². The Labute approximate surface area is 120 Å². The highest BCUT2D eigenvalue weighted by Gasteiger charge is 2.12. The summed E-state index contributed by atoms with van der Waals surface area (Å²) in [6.45, 7) is 2.27. The van der Waals surface area contributed by atoms with E-state index in [1.165, 1.54) is 12.1 Å². The molecule has 19 heavy (non-hydrogen) atoms. The number of halogens is 2. The summed E-state index contributed by atoms with van der Waals surface area (Å²) in [5, 5.41) is 3.09. The standard InChI is InChI=1S/C13H11Cl2N3O/c1-8-3-2-6-16-10(8)7-17-13(19)9-4-5-11(14)18-12(9)15/h2-6H,7H2,1H3,(H,17,19). The summed E-state index contributed by atoms with van der Waals surface area (Å²) in [7, 11) is 0. The smallest absolute Gasteiger partial charge is 0.254 e. The van der Waals surface area contributed by atoms with Gasteiger partial charge in [0.2, 0.25) is 0 Å². The fourth-order valence-electron chi connectivity index (χ4n) is 1.54. The van der Waals surface area contributed by atoms with Gasteiger partial charge in [0.15, 0.2) is 0 Å². The molecule has 0 fully saturated rings. The Balaban J connectivity index is 2.08. The van der Waals surface area contributed by atoms with Crippen molar-refractivity contribution in [1.82, 2.24) is 15.3 Å². The van der Waals surface area contributed by atoms with E-state index in [9.17, 15) is 4.79 Å². The average Bonchev–Trinajstić information content (AvgIpc) is 2.37. The largest absolute Gasteiger partial charge is 0.346 e. The first-order valence-electron chi connectivity index (χ1n) is 5.58. The predicted octanol–water partition coefficient (Wildman–Crippen LogP) is 3.02. The molecule has 6 heteroatoms. The lowest BCUT2D eigenvalue weighted by Gasteiger charge is -2.07. The van der Waals surface area contributed by atoms with Crippen LogP contribution in [0.3, 0.4) is 0 Å². The van der Waals surface area contributed by atoms with Crippen LogP contribution in [0.2, 0.25) is 10.3 Å². The van der Waals surface area contributed by atoms with Gasteiger partial charge in [-0.3, -0.25) is 9.78 Å². The first kappa shape index (κ1) is 13.8. The average molecular weight is 296 g/mol. The van der Waals surface area contributed by atoms with Gasteiger partial charge >= 0.3 is 0 Å². The zero-order valence-corrected chi connectivity index (χ0v) is 11.7. The van der Waals surface area contributed by atoms with Crippen molar-refractivity contribution in [1.29, 1.82) is 0 Å². The summed E-state index contributed by atoms with van der Waals surface area (Å²) in [6.07, 6.45) is 1.69. The quantitative estimate of drug-likeness (QED) is 0.886. The molecule has 0 unspecified atom stereocenters. The number of aromatic nitrogens is 2. The topological polar surface area (TPSA) is 54.9 Å². The lowest BCUT2D eigenvalue weighted by Crippen LogP contribution is -2.24. The lowest BCUT2D eigenvalue weighted by atomic mass is 10.2. The number of carbonyl (C=O) groups is 1. The third-order valence-electron chi connectivity index (χ3n) is 2.59. The van der Waals surface area contributed by atoms with Crippen LogP contribution in [0.4, 0.5) is 0 Å². The number of carbonyl (C=O) groups excluding carboxylic acids is 1. The molecule has 0 saturated heterocycles. The molecule has 0 atom stereocenters. The van der Waals surface area contributed by atoms with Gasteiger partial charge in [-0.15, -0.1) is 0 Å². The fraction of sp³-hybridized carbons (Fsp3) is 0.154. The van der Waals surface area contributed by atoms with E-state index in [0.29, 0.717) is 12.1 Å². The Hall–Kier alpha value is -1.65. The molecule has 2 heterocycles. The number of hydrogen-bond acceptors (Lipinski definition) is 3. The number of hydrogen-bond donors (Lipinski definition) is 1. The van der Waals surface area contributed by atoms with Gasteiger partial charge in [-0.2, -0.15) is 0 Å². The summed E-state index contributed by atoms with van der Waals surface area (Å²) in [5.74, 6) is -0.306. The number of pyridine rings is 2. The van der Waals surface area contributed by atoms with Crippen molar-refractivity contribution in [3.8, 4) is 0 Å². The Morgan fingerprint density at radius 1 is 1.32 bits per heavy atom. The number of nitrogens with one attached hydrogen (secondary N) is 1. The van der Waals surface area contributed by atoms with Gasteiger partial charge < -0.3 is 5.32 Å². The van der Waals surface area contributed by atoms with Crippen LogP contribution in [0, 0.1) is 6.92 Å². The Morgan fingerprint density at radius 2 is 2.11 bits per heavy atom. The number of nitrogens with zero attached hydrogens (tertiary/aromatic N) is 2. The molecule has 2 aromatic rings. The molecule has 0 radical (unpaired) electrons. The molecule has 0 aliphatic heterocycles. The van der Waals surface area contributed by atoms with Crippen molar-refractivity contribution < 1.29 is 4.79 Å².